The first-order valence-electron chi connectivity index (χ1n) is 16.1. The molecule has 3 heterocycles. The molecule has 13 heteroatoms. The van der Waals surface area contributed by atoms with Crippen LogP contribution in [0.15, 0.2) is 54.3 Å². The summed E-state index contributed by atoms with van der Waals surface area (Å²) in [6.07, 6.45) is 8.75. The molecule has 3 aliphatic rings. The molecular weight excluding hydrogens is 604 g/mol. The van der Waals surface area contributed by atoms with Gasteiger partial charge in [0.25, 0.3) is 0 Å². The van der Waals surface area contributed by atoms with Crippen LogP contribution in [0.25, 0.3) is 10.9 Å². The maximum atomic E-state index is 13.9. The zero-order valence-electron chi connectivity index (χ0n) is 26.6. The zero-order valence-corrected chi connectivity index (χ0v) is 26.6. The number of hydrogen-bond donors (Lipinski definition) is 6. The van der Waals surface area contributed by atoms with Gasteiger partial charge >= 0.3 is 5.97 Å². The number of aliphatic carboxylic acids is 1. The SMILES string of the molecule is CC(C)C[C@H]1NC(=O)[C@H](C2=CCC=CC2)NC(=O)[C@H]2CCCN2C(=O)[C@H](CC(=O)O)NC(=O)[C@H](Cc2c[nH]c3ccccc23)NC1=O. The number of nitrogens with one attached hydrogen (secondary N) is 5. The fourth-order valence-electron chi connectivity index (χ4n) is 6.53. The summed E-state index contributed by atoms with van der Waals surface area (Å²) in [7, 11) is 0. The molecule has 13 nitrogen and oxygen atoms in total. The van der Waals surface area contributed by atoms with Gasteiger partial charge in [-0.1, -0.05) is 50.3 Å². The van der Waals surface area contributed by atoms with E-state index in [0.29, 0.717) is 31.3 Å². The van der Waals surface area contributed by atoms with Crippen molar-refractivity contribution in [1.82, 2.24) is 31.2 Å². The van der Waals surface area contributed by atoms with Gasteiger partial charge in [0.2, 0.25) is 29.5 Å². The molecule has 5 amide bonds. The number of hydrogen-bond acceptors (Lipinski definition) is 6. The van der Waals surface area contributed by atoms with Crippen LogP contribution in [0.5, 0.6) is 0 Å². The molecule has 2 saturated heterocycles. The standard InChI is InChI=1S/C34H42N6O7/c1-19(2)15-24-30(43)36-25(16-21-18-35-23-12-7-6-11-22(21)23)31(44)38-26(17-28(41)42)34(47)40-14-8-13-27(40)32(45)39-29(33(46)37-24)20-9-4-3-5-10-20/h3-4,6-7,10-12,18-19,24-27,29,35H,5,8-9,13-17H2,1-2H3,(H,36,43)(H,37,46)(H,38,44)(H,39,45)(H,41,42)/t24-,25+,26+,27-,29+/m1/s1. The molecule has 250 valence electrons. The third-order valence-corrected chi connectivity index (χ3v) is 8.86. The molecule has 5 rings (SSSR count). The Kier molecular flexibility index (Phi) is 10.4. The average Bonchev–Trinajstić information content (AvgIpc) is 3.69. The second-order valence-electron chi connectivity index (χ2n) is 12.8. The van der Waals surface area contributed by atoms with Gasteiger partial charge in [-0.15, -0.1) is 0 Å². The Morgan fingerprint density at radius 2 is 1.64 bits per heavy atom. The first-order valence-corrected chi connectivity index (χ1v) is 16.1. The van der Waals surface area contributed by atoms with Gasteiger partial charge in [0.05, 0.1) is 6.42 Å². The number of benzene rings is 1. The summed E-state index contributed by atoms with van der Waals surface area (Å²) in [6.45, 7) is 3.97. The van der Waals surface area contributed by atoms with Crippen LogP contribution in [-0.2, 0) is 35.2 Å². The molecule has 0 bridgehead atoms. The van der Waals surface area contributed by atoms with E-state index in [9.17, 15) is 33.9 Å². The van der Waals surface area contributed by atoms with E-state index in [4.69, 9.17) is 0 Å². The van der Waals surface area contributed by atoms with Crippen LogP contribution >= 0.6 is 0 Å². The average molecular weight is 647 g/mol. The Hall–Kier alpha value is -4.94. The van der Waals surface area contributed by atoms with Crippen LogP contribution in [0, 0.1) is 5.92 Å². The number of allylic oxidation sites excluding steroid dienone is 3. The summed E-state index contributed by atoms with van der Waals surface area (Å²) in [5.74, 6) is -4.58. The maximum Gasteiger partial charge on any atom is 0.305 e. The van der Waals surface area contributed by atoms with Gasteiger partial charge in [-0.3, -0.25) is 28.8 Å². The number of rotatable bonds is 7. The number of amides is 5. The molecule has 6 N–H and O–H groups in total. The summed E-state index contributed by atoms with van der Waals surface area (Å²) < 4.78 is 0. The number of carboxylic acid groups (broad SMARTS) is 1. The van der Waals surface area contributed by atoms with Gasteiger partial charge in [-0.25, -0.2) is 0 Å². The Morgan fingerprint density at radius 3 is 2.36 bits per heavy atom. The number of carbonyl (C=O) groups is 6. The molecule has 5 atom stereocenters. The molecule has 1 aliphatic carbocycles. The largest absolute Gasteiger partial charge is 0.481 e. The van der Waals surface area contributed by atoms with Gasteiger partial charge in [-0.2, -0.15) is 0 Å². The highest BCUT2D eigenvalue weighted by atomic mass is 16.4. The minimum Gasteiger partial charge on any atom is -0.481 e. The van der Waals surface area contributed by atoms with Crippen molar-refractivity contribution < 1.29 is 33.9 Å². The van der Waals surface area contributed by atoms with Crippen molar-refractivity contribution in [2.75, 3.05) is 6.54 Å². The number of aromatic amines is 1. The Bertz CT molecular complexity index is 1610. The summed E-state index contributed by atoms with van der Waals surface area (Å²) in [4.78, 5) is 85.7. The van der Waals surface area contributed by atoms with Crippen LogP contribution < -0.4 is 21.3 Å². The van der Waals surface area contributed by atoms with Gasteiger partial charge in [0.1, 0.15) is 30.2 Å². The first-order chi connectivity index (χ1) is 22.5. The highest BCUT2D eigenvalue weighted by molar-refractivity contribution is 6.00. The summed E-state index contributed by atoms with van der Waals surface area (Å²) >= 11 is 0. The van der Waals surface area contributed by atoms with E-state index < -0.39 is 72.1 Å². The monoisotopic (exact) mass is 646 g/mol. The van der Waals surface area contributed by atoms with Crippen molar-refractivity contribution in [3.05, 3.63) is 59.8 Å². The maximum absolute atomic E-state index is 13.9. The third-order valence-electron chi connectivity index (χ3n) is 8.86. The Balaban J connectivity index is 1.55. The first kappa shape index (κ1) is 33.4. The minimum atomic E-state index is -1.49. The lowest BCUT2D eigenvalue weighted by Gasteiger charge is -2.30. The van der Waals surface area contributed by atoms with Crippen molar-refractivity contribution in [2.24, 2.45) is 5.92 Å². The molecule has 2 aromatic rings. The number of nitrogens with zero attached hydrogens (tertiary/aromatic N) is 1. The van der Waals surface area contributed by atoms with Crippen molar-refractivity contribution in [3.8, 4) is 0 Å². The van der Waals surface area contributed by atoms with Crippen LogP contribution in [-0.4, -0.2) is 87.2 Å². The third kappa shape index (κ3) is 7.90. The van der Waals surface area contributed by atoms with E-state index in [-0.39, 0.29) is 25.3 Å². The van der Waals surface area contributed by atoms with Crippen molar-refractivity contribution in [3.63, 3.8) is 0 Å². The lowest BCUT2D eigenvalue weighted by Crippen LogP contribution is -2.58. The molecule has 0 unspecified atom stereocenters. The van der Waals surface area contributed by atoms with Crippen molar-refractivity contribution >= 4 is 46.4 Å². The minimum absolute atomic E-state index is 0.0200. The molecule has 2 fully saturated rings. The molecular formula is C34H42N6O7. The lowest BCUT2D eigenvalue weighted by molar-refractivity contribution is -0.146. The molecule has 47 heavy (non-hydrogen) atoms. The quantitative estimate of drug-likeness (QED) is 0.245. The van der Waals surface area contributed by atoms with E-state index in [2.05, 4.69) is 26.3 Å². The number of para-hydroxylation sites is 1. The van der Waals surface area contributed by atoms with E-state index in [1.807, 2.05) is 56.3 Å². The zero-order chi connectivity index (χ0) is 33.7. The Morgan fingerprint density at radius 1 is 0.915 bits per heavy atom. The van der Waals surface area contributed by atoms with Crippen molar-refractivity contribution in [2.45, 2.75) is 89.0 Å². The fraction of sp³-hybridized carbons (Fsp3) is 0.471. The number of carbonyl (C=O) groups excluding carboxylic acids is 5. The molecule has 2 aliphatic heterocycles. The van der Waals surface area contributed by atoms with Crippen LogP contribution in [0.2, 0.25) is 0 Å². The van der Waals surface area contributed by atoms with Crippen LogP contribution in [0.4, 0.5) is 0 Å². The van der Waals surface area contributed by atoms with E-state index in [0.717, 1.165) is 16.5 Å². The predicted octanol–water partition coefficient (Wildman–Crippen LogP) is 1.45. The molecule has 0 saturated carbocycles. The second-order valence-corrected chi connectivity index (χ2v) is 12.8. The van der Waals surface area contributed by atoms with Gasteiger partial charge in [0.15, 0.2) is 0 Å². The highest BCUT2D eigenvalue weighted by Gasteiger charge is 2.41. The summed E-state index contributed by atoms with van der Waals surface area (Å²) in [5, 5.41) is 21.6. The fourth-order valence-corrected chi connectivity index (χ4v) is 6.53. The normalized spacial score (nSPS) is 26.1. The van der Waals surface area contributed by atoms with Gasteiger partial charge in [0, 0.05) is 30.1 Å². The smallest absolute Gasteiger partial charge is 0.305 e. The number of H-pyrrole nitrogens is 1. The molecule has 1 aromatic carbocycles. The topological polar surface area (TPSA) is 190 Å². The van der Waals surface area contributed by atoms with E-state index in [1.54, 1.807) is 6.20 Å². The summed E-state index contributed by atoms with van der Waals surface area (Å²) in [6, 6.07) is 1.62. The number of carboxylic acids is 1. The van der Waals surface area contributed by atoms with Crippen LogP contribution in [0.3, 0.4) is 0 Å². The van der Waals surface area contributed by atoms with E-state index >= 15 is 0 Å². The summed E-state index contributed by atoms with van der Waals surface area (Å²) in [5.41, 5.74) is 2.20. The number of aromatic nitrogens is 1. The van der Waals surface area contributed by atoms with Gasteiger partial charge < -0.3 is 36.3 Å². The molecule has 1 aromatic heterocycles. The van der Waals surface area contributed by atoms with Crippen molar-refractivity contribution in [1.29, 1.82) is 0 Å². The molecule has 0 spiro atoms. The van der Waals surface area contributed by atoms with E-state index in [1.165, 1.54) is 4.90 Å². The predicted molar refractivity (Wildman–Crippen MR) is 173 cm³/mol. The second kappa shape index (κ2) is 14.7. The molecule has 0 radical (unpaired) electrons. The lowest BCUT2D eigenvalue weighted by atomic mass is 9.96. The number of fused-ring (bicyclic) bond motifs is 2. The van der Waals surface area contributed by atoms with Gasteiger partial charge in [-0.05, 0) is 55.2 Å². The highest BCUT2D eigenvalue weighted by Crippen LogP contribution is 2.23. The Labute approximate surface area is 272 Å². The van der Waals surface area contributed by atoms with Crippen LogP contribution in [0.1, 0.15) is 57.9 Å².